The van der Waals surface area contributed by atoms with Gasteiger partial charge in [0.1, 0.15) is 6.35 Å². The van der Waals surface area contributed by atoms with Crippen LogP contribution in [0.1, 0.15) is 20.8 Å². The van der Waals surface area contributed by atoms with Gasteiger partial charge in [0.05, 0.1) is 5.16 Å². The number of hydrogen-bond donors (Lipinski definition) is 1. The fourth-order valence-electron chi connectivity index (χ4n) is 0.212. The number of hydrogen-bond acceptors (Lipinski definition) is 1. The first kappa shape index (κ1) is 9.45. The van der Waals surface area contributed by atoms with E-state index in [9.17, 15) is 0 Å². The summed E-state index contributed by atoms with van der Waals surface area (Å²) in [5.41, 5.74) is 0. The summed E-state index contributed by atoms with van der Waals surface area (Å²) in [6, 6.07) is 0. The zero-order valence-corrected chi connectivity index (χ0v) is 7.57. The quantitative estimate of drug-likeness (QED) is 0.437. The van der Waals surface area contributed by atoms with Gasteiger partial charge in [-0.3, -0.25) is 0 Å². The molecule has 0 rings (SSSR count). The second-order valence-corrected chi connectivity index (χ2v) is 7.74. The maximum Gasteiger partial charge on any atom is 0.368 e. The molecule has 0 bridgehead atoms. The Hall–Kier alpha value is 0.455. The first-order valence-electron chi connectivity index (χ1n) is 3.06. The molecule has 1 atom stereocenters. The number of rotatable bonds is 1. The Morgan fingerprint density at radius 1 is 1.44 bits per heavy atom. The van der Waals surface area contributed by atoms with Gasteiger partial charge in [-0.25, -0.2) is 0 Å². The van der Waals surface area contributed by atoms with Gasteiger partial charge in [-0.1, -0.05) is 0 Å². The molecule has 0 aromatic rings. The van der Waals surface area contributed by atoms with E-state index in [0.29, 0.717) is 0 Å². The third-order valence-electron chi connectivity index (χ3n) is 1.83. The molecule has 0 saturated heterocycles. The molecule has 1 unspecified atom stereocenters. The summed E-state index contributed by atoms with van der Waals surface area (Å²) in [6.45, 7) is 8.16. The summed E-state index contributed by atoms with van der Waals surface area (Å²) in [6.07, 6.45) is 0.149. The molecule has 0 saturated carbocycles. The molecule has 2 radical (unpaired) electrons. The van der Waals surface area contributed by atoms with Crippen LogP contribution < -0.4 is 0 Å². The Kier molecular flexibility index (Phi) is 2.73. The fraction of sp³-hybridized carbons (Fsp3) is 1.00. The fourth-order valence-corrected chi connectivity index (χ4v) is 0.636. The Morgan fingerprint density at radius 3 is 1.78 bits per heavy atom. The molecule has 0 aliphatic heterocycles. The molecule has 0 fully saturated rings. The molecule has 52 valence electrons. The Morgan fingerprint density at radius 2 is 1.78 bits per heavy atom. The molecule has 0 heterocycles. The van der Waals surface area contributed by atoms with Crippen LogP contribution in [0, 0.1) is 0 Å². The Bertz CT molecular complexity index is 95.7. The van der Waals surface area contributed by atoms with Gasteiger partial charge in [0.2, 0.25) is 0 Å². The molecule has 0 aliphatic rings. The minimum Gasteiger partial charge on any atom is -0.363 e. The molecule has 0 spiro atoms. The summed E-state index contributed by atoms with van der Waals surface area (Å²) in [5, 5.41) is 8.94. The molecule has 0 aliphatic carbocycles. The van der Waals surface area contributed by atoms with Crippen molar-refractivity contribution in [1.82, 2.24) is 0 Å². The van der Waals surface area contributed by atoms with Gasteiger partial charge in [-0.15, -0.1) is 0 Å². The van der Waals surface area contributed by atoms with Crippen LogP contribution in [0.3, 0.4) is 0 Å². The smallest absolute Gasteiger partial charge is 0.363 e. The van der Waals surface area contributed by atoms with Gasteiger partial charge in [0.15, 0.2) is 0 Å². The highest BCUT2D eigenvalue weighted by Gasteiger charge is 2.38. The highest BCUT2D eigenvalue weighted by atomic mass is 31.2. The van der Waals surface area contributed by atoms with Crippen LogP contribution in [0.2, 0.25) is 0 Å². The highest BCUT2D eigenvalue weighted by Crippen LogP contribution is 2.60. The summed E-state index contributed by atoms with van der Waals surface area (Å²) in [5.74, 6) is 0. The van der Waals surface area contributed by atoms with Gasteiger partial charge in [0.25, 0.3) is 0 Å². The van der Waals surface area contributed by atoms with Crippen LogP contribution in [-0.4, -0.2) is 30.8 Å². The van der Waals surface area contributed by atoms with Crippen LogP contribution in [-0.2, 0) is 0 Å². The molecule has 3 heteroatoms. The predicted molar refractivity (Wildman–Crippen MR) is 45.4 cm³/mol. The van der Waals surface area contributed by atoms with Crippen molar-refractivity contribution in [3.05, 3.63) is 0 Å². The first-order valence-corrected chi connectivity index (χ1v) is 5.55. The van der Waals surface area contributed by atoms with Crippen LogP contribution in [0.15, 0.2) is 0 Å². The van der Waals surface area contributed by atoms with Crippen molar-refractivity contribution >= 4 is 14.7 Å². The van der Waals surface area contributed by atoms with E-state index >= 15 is 0 Å². The lowest BCUT2D eigenvalue weighted by Gasteiger charge is -2.30. The molecule has 0 aromatic carbocycles. The van der Waals surface area contributed by atoms with Gasteiger partial charge in [-0.05, 0) is 27.9 Å². The van der Waals surface area contributed by atoms with E-state index in [-0.39, 0.29) is 11.5 Å². The van der Waals surface area contributed by atoms with Gasteiger partial charge >= 0.3 is 7.57 Å². The standard InChI is InChI=1S/C6H15BOP/c1-6(2,3)9(4,7)5-8/h8H,5H2,1-4H3/q+1. The third-order valence-corrected chi connectivity index (χ3v) is 5.48. The monoisotopic (exact) mass is 145 g/mol. The van der Waals surface area contributed by atoms with Crippen molar-refractivity contribution < 1.29 is 5.11 Å². The number of aliphatic hydroxyl groups excluding tert-OH is 1. The molecule has 1 nitrogen and oxygen atoms in total. The van der Waals surface area contributed by atoms with E-state index < -0.39 is 7.14 Å². The molecule has 0 aromatic heterocycles. The maximum atomic E-state index is 8.85. The summed E-state index contributed by atoms with van der Waals surface area (Å²) < 4.78 is 0. The molecular formula is C6H15BOP+. The van der Waals surface area contributed by atoms with E-state index in [1.54, 1.807) is 0 Å². The van der Waals surface area contributed by atoms with Gasteiger partial charge in [0, 0.05) is 6.66 Å². The molecule has 1 N–H and O–H groups in total. The normalized spacial score (nSPS) is 19.2. The van der Waals surface area contributed by atoms with E-state index in [2.05, 4.69) is 20.8 Å². The molecular weight excluding hydrogens is 130 g/mol. The first-order chi connectivity index (χ1) is 3.81. The van der Waals surface area contributed by atoms with Crippen molar-refractivity contribution in [2.45, 2.75) is 25.9 Å². The van der Waals surface area contributed by atoms with E-state index in [1.807, 2.05) is 6.66 Å². The minimum atomic E-state index is -1.55. The third kappa shape index (κ3) is 2.27. The van der Waals surface area contributed by atoms with E-state index in [1.165, 1.54) is 0 Å². The van der Waals surface area contributed by atoms with E-state index in [0.717, 1.165) is 0 Å². The lowest BCUT2D eigenvalue weighted by Crippen LogP contribution is -2.21. The van der Waals surface area contributed by atoms with Crippen molar-refractivity contribution in [2.24, 2.45) is 0 Å². The Balaban J connectivity index is 4.14. The van der Waals surface area contributed by atoms with Gasteiger partial charge < -0.3 is 5.11 Å². The lowest BCUT2D eigenvalue weighted by molar-refractivity contribution is 0.366. The summed E-state index contributed by atoms with van der Waals surface area (Å²) in [4.78, 5) is 0. The minimum absolute atomic E-state index is 0.0851. The van der Waals surface area contributed by atoms with Crippen molar-refractivity contribution in [3.8, 4) is 0 Å². The lowest BCUT2D eigenvalue weighted by atomic mass is 10.3. The van der Waals surface area contributed by atoms with Crippen molar-refractivity contribution in [2.75, 3.05) is 13.0 Å². The second-order valence-electron chi connectivity index (χ2n) is 3.58. The second kappa shape index (κ2) is 2.60. The van der Waals surface area contributed by atoms with Crippen molar-refractivity contribution in [1.29, 1.82) is 0 Å². The van der Waals surface area contributed by atoms with Crippen LogP contribution in [0.5, 0.6) is 0 Å². The zero-order chi connectivity index (χ0) is 7.71. The van der Waals surface area contributed by atoms with Crippen molar-refractivity contribution in [3.63, 3.8) is 0 Å². The zero-order valence-electron chi connectivity index (χ0n) is 6.68. The average Bonchev–Trinajstić information content (AvgIpc) is 1.64. The Labute approximate surface area is 59.6 Å². The largest absolute Gasteiger partial charge is 0.368 e. The van der Waals surface area contributed by atoms with E-state index in [4.69, 9.17) is 12.7 Å². The summed E-state index contributed by atoms with van der Waals surface area (Å²) >= 11 is 0. The predicted octanol–water partition coefficient (Wildman–Crippen LogP) is 1.47. The summed E-state index contributed by atoms with van der Waals surface area (Å²) in [7, 11) is 4.30. The maximum absolute atomic E-state index is 8.85. The van der Waals surface area contributed by atoms with Gasteiger partial charge in [-0.2, -0.15) is 0 Å². The SMILES string of the molecule is [B][P+](C)(CO)C(C)(C)C. The highest BCUT2D eigenvalue weighted by molar-refractivity contribution is 7.97. The number of aliphatic hydroxyl groups is 1. The molecule has 9 heavy (non-hydrogen) atoms. The molecule has 0 amide bonds. The van der Waals surface area contributed by atoms with Crippen LogP contribution in [0.25, 0.3) is 0 Å². The average molecular weight is 145 g/mol. The van der Waals surface area contributed by atoms with Crippen LogP contribution >= 0.6 is 7.14 Å². The topological polar surface area (TPSA) is 20.2 Å². The van der Waals surface area contributed by atoms with Crippen LogP contribution in [0.4, 0.5) is 0 Å².